The molecular weight excluding hydrogens is 174 g/mol. The minimum atomic E-state index is 0. The molecule has 0 atom stereocenters. The van der Waals surface area contributed by atoms with Gasteiger partial charge in [0.15, 0.2) is 0 Å². The van der Waals surface area contributed by atoms with Gasteiger partial charge in [-0.3, -0.25) is 4.68 Å². The van der Waals surface area contributed by atoms with Gasteiger partial charge in [0.25, 0.3) is 0 Å². The Morgan fingerprint density at radius 2 is 2.50 bits per heavy atom. The third-order valence-corrected chi connectivity index (χ3v) is 2.10. The predicted octanol–water partition coefficient (Wildman–Crippen LogP) is 0.970. The highest BCUT2D eigenvalue weighted by Crippen LogP contribution is 2.10. The van der Waals surface area contributed by atoms with Gasteiger partial charge in [0.1, 0.15) is 0 Å². The van der Waals surface area contributed by atoms with E-state index in [1.807, 2.05) is 4.68 Å². The van der Waals surface area contributed by atoms with Gasteiger partial charge in [-0.1, -0.05) is 0 Å². The molecule has 2 heterocycles. The van der Waals surface area contributed by atoms with Crippen molar-refractivity contribution in [1.82, 2.24) is 15.1 Å². The minimum absolute atomic E-state index is 0. The first-order chi connectivity index (χ1) is 5.40. The molecule has 1 aliphatic heterocycles. The van der Waals surface area contributed by atoms with Crippen molar-refractivity contribution in [1.29, 1.82) is 0 Å². The zero-order valence-electron chi connectivity index (χ0n) is 7.21. The topological polar surface area (TPSA) is 29.9 Å². The van der Waals surface area contributed by atoms with Crippen molar-refractivity contribution >= 4 is 12.4 Å². The predicted molar refractivity (Wildman–Crippen MR) is 50.6 cm³/mol. The van der Waals surface area contributed by atoms with Crippen molar-refractivity contribution < 1.29 is 0 Å². The molecule has 12 heavy (non-hydrogen) atoms. The van der Waals surface area contributed by atoms with Gasteiger partial charge in [-0.05, 0) is 6.92 Å². The Labute approximate surface area is 78.6 Å². The molecule has 4 heteroatoms. The summed E-state index contributed by atoms with van der Waals surface area (Å²) >= 11 is 0. The van der Waals surface area contributed by atoms with Crippen molar-refractivity contribution in [2.75, 3.05) is 6.54 Å². The fraction of sp³-hybridized carbons (Fsp3) is 0.625. The smallest absolute Gasteiger partial charge is 0.0682 e. The molecule has 0 bridgehead atoms. The van der Waals surface area contributed by atoms with Crippen LogP contribution in [0.5, 0.6) is 0 Å². The highest BCUT2D eigenvalue weighted by atomic mass is 35.5. The highest BCUT2D eigenvalue weighted by Gasteiger charge is 2.11. The molecule has 1 N–H and O–H groups in total. The number of hydrogen-bond donors (Lipinski definition) is 1. The number of halogens is 1. The molecule has 0 saturated heterocycles. The van der Waals surface area contributed by atoms with Crippen LogP contribution >= 0.6 is 12.4 Å². The zero-order valence-corrected chi connectivity index (χ0v) is 8.02. The van der Waals surface area contributed by atoms with E-state index < -0.39 is 0 Å². The fourth-order valence-electron chi connectivity index (χ4n) is 1.45. The SMILES string of the molecule is CCn1cc2c(n1)CCNC2.Cl. The minimum Gasteiger partial charge on any atom is -0.312 e. The standard InChI is InChI=1S/C8H13N3.ClH/c1-2-11-6-7-5-9-4-3-8(7)10-11;/h6,9H,2-5H2,1H3;1H. The number of fused-ring (bicyclic) bond motifs is 1. The van der Waals surface area contributed by atoms with Crippen LogP contribution in [0.2, 0.25) is 0 Å². The molecule has 0 unspecified atom stereocenters. The van der Waals surface area contributed by atoms with E-state index in [1.165, 1.54) is 11.3 Å². The molecule has 0 amide bonds. The van der Waals surface area contributed by atoms with Crippen molar-refractivity contribution in [2.45, 2.75) is 26.4 Å². The van der Waals surface area contributed by atoms with Crippen LogP contribution in [0, 0.1) is 0 Å². The van der Waals surface area contributed by atoms with E-state index in [0.29, 0.717) is 0 Å². The monoisotopic (exact) mass is 187 g/mol. The van der Waals surface area contributed by atoms with Gasteiger partial charge >= 0.3 is 0 Å². The maximum atomic E-state index is 4.45. The van der Waals surface area contributed by atoms with E-state index in [-0.39, 0.29) is 12.4 Å². The van der Waals surface area contributed by atoms with E-state index in [0.717, 1.165) is 26.1 Å². The van der Waals surface area contributed by atoms with E-state index in [9.17, 15) is 0 Å². The highest BCUT2D eigenvalue weighted by molar-refractivity contribution is 5.85. The average molecular weight is 188 g/mol. The van der Waals surface area contributed by atoms with Crippen molar-refractivity contribution in [3.63, 3.8) is 0 Å². The first kappa shape index (κ1) is 9.55. The first-order valence-electron chi connectivity index (χ1n) is 4.16. The third kappa shape index (κ3) is 1.62. The van der Waals surface area contributed by atoms with Gasteiger partial charge in [-0.25, -0.2) is 0 Å². The second-order valence-electron chi connectivity index (χ2n) is 2.88. The van der Waals surface area contributed by atoms with Gasteiger partial charge in [-0.2, -0.15) is 5.10 Å². The molecule has 0 spiro atoms. The van der Waals surface area contributed by atoms with Crippen molar-refractivity contribution in [2.24, 2.45) is 0 Å². The second-order valence-corrected chi connectivity index (χ2v) is 2.88. The number of nitrogens with one attached hydrogen (secondary N) is 1. The molecule has 0 saturated carbocycles. The first-order valence-corrected chi connectivity index (χ1v) is 4.16. The Morgan fingerprint density at radius 1 is 1.67 bits per heavy atom. The molecule has 3 nitrogen and oxygen atoms in total. The van der Waals surface area contributed by atoms with Crippen LogP contribution in [0.4, 0.5) is 0 Å². The van der Waals surface area contributed by atoms with Gasteiger partial charge in [-0.15, -0.1) is 12.4 Å². The summed E-state index contributed by atoms with van der Waals surface area (Å²) in [5, 5.41) is 7.77. The Morgan fingerprint density at radius 3 is 3.17 bits per heavy atom. The molecular formula is C8H14ClN3. The summed E-state index contributed by atoms with van der Waals surface area (Å²) in [5.74, 6) is 0. The number of nitrogens with zero attached hydrogens (tertiary/aromatic N) is 2. The summed E-state index contributed by atoms with van der Waals surface area (Å²) in [7, 11) is 0. The lowest BCUT2D eigenvalue weighted by Crippen LogP contribution is -2.22. The Kier molecular flexibility index (Phi) is 3.12. The third-order valence-electron chi connectivity index (χ3n) is 2.10. The van der Waals surface area contributed by atoms with E-state index in [2.05, 4.69) is 23.5 Å². The number of hydrogen-bond acceptors (Lipinski definition) is 2. The molecule has 2 rings (SSSR count). The summed E-state index contributed by atoms with van der Waals surface area (Å²) in [6.07, 6.45) is 3.23. The van der Waals surface area contributed by atoms with Crippen LogP contribution < -0.4 is 5.32 Å². The van der Waals surface area contributed by atoms with Crippen LogP contribution in [0.25, 0.3) is 0 Å². The lowest BCUT2D eigenvalue weighted by molar-refractivity contribution is 0.620. The maximum Gasteiger partial charge on any atom is 0.0682 e. The van der Waals surface area contributed by atoms with Gasteiger partial charge in [0.05, 0.1) is 5.69 Å². The molecule has 0 aromatic carbocycles. The average Bonchev–Trinajstić information content (AvgIpc) is 2.46. The quantitative estimate of drug-likeness (QED) is 0.710. The molecule has 0 aliphatic carbocycles. The Bertz CT molecular complexity index is 233. The van der Waals surface area contributed by atoms with Gasteiger partial charge in [0.2, 0.25) is 0 Å². The Balaban J connectivity index is 0.000000720. The van der Waals surface area contributed by atoms with Crippen LogP contribution in [-0.4, -0.2) is 16.3 Å². The van der Waals surface area contributed by atoms with E-state index in [1.54, 1.807) is 0 Å². The summed E-state index contributed by atoms with van der Waals surface area (Å²) < 4.78 is 2.01. The normalized spacial score (nSPS) is 15.1. The molecule has 1 aromatic rings. The summed E-state index contributed by atoms with van der Waals surface area (Å²) in [6.45, 7) is 5.17. The van der Waals surface area contributed by atoms with Crippen molar-refractivity contribution in [3.05, 3.63) is 17.5 Å². The maximum absolute atomic E-state index is 4.45. The van der Waals surface area contributed by atoms with Crippen LogP contribution in [0.1, 0.15) is 18.2 Å². The van der Waals surface area contributed by atoms with Crippen LogP contribution in [0.3, 0.4) is 0 Å². The zero-order chi connectivity index (χ0) is 7.68. The molecule has 1 aliphatic rings. The molecule has 68 valence electrons. The molecule has 0 radical (unpaired) electrons. The fourth-order valence-corrected chi connectivity index (χ4v) is 1.45. The van der Waals surface area contributed by atoms with Crippen LogP contribution in [-0.2, 0) is 19.5 Å². The van der Waals surface area contributed by atoms with Crippen LogP contribution in [0.15, 0.2) is 6.20 Å². The number of aryl methyl sites for hydroxylation is 1. The number of rotatable bonds is 1. The molecule has 0 fully saturated rings. The lowest BCUT2D eigenvalue weighted by atomic mass is 10.1. The van der Waals surface area contributed by atoms with Crippen molar-refractivity contribution in [3.8, 4) is 0 Å². The van der Waals surface area contributed by atoms with Gasteiger partial charge in [0, 0.05) is 37.8 Å². The molecule has 1 aromatic heterocycles. The van der Waals surface area contributed by atoms with Gasteiger partial charge < -0.3 is 5.32 Å². The summed E-state index contributed by atoms with van der Waals surface area (Å²) in [4.78, 5) is 0. The van der Waals surface area contributed by atoms with E-state index >= 15 is 0 Å². The largest absolute Gasteiger partial charge is 0.312 e. The second kappa shape index (κ2) is 3.92. The number of aromatic nitrogens is 2. The van der Waals surface area contributed by atoms with E-state index in [4.69, 9.17) is 0 Å². The lowest BCUT2D eigenvalue weighted by Gasteiger charge is -2.09. The Hall–Kier alpha value is -0.540. The summed E-state index contributed by atoms with van der Waals surface area (Å²) in [6, 6.07) is 0. The summed E-state index contributed by atoms with van der Waals surface area (Å²) in [5.41, 5.74) is 2.66.